The van der Waals surface area contributed by atoms with Crippen molar-refractivity contribution in [2.45, 2.75) is 45.6 Å². The maximum absolute atomic E-state index is 12.4. The molecule has 1 aromatic carbocycles. The molecule has 1 aliphatic heterocycles. The van der Waals surface area contributed by atoms with Gasteiger partial charge in [0, 0.05) is 24.9 Å². The van der Waals surface area contributed by atoms with Crippen molar-refractivity contribution in [3.8, 4) is 0 Å². The number of hydrogen-bond acceptors (Lipinski definition) is 4. The first-order valence-electron chi connectivity index (χ1n) is 10.2. The molecule has 0 spiro atoms. The number of amides is 1. The quantitative estimate of drug-likeness (QED) is 0.697. The van der Waals surface area contributed by atoms with Crippen LogP contribution in [0.15, 0.2) is 47.1 Å². The summed E-state index contributed by atoms with van der Waals surface area (Å²) in [7, 11) is 0. The number of likely N-dealkylation sites (tertiary alicyclic amines) is 1. The van der Waals surface area contributed by atoms with Crippen LogP contribution in [0.3, 0.4) is 0 Å². The molecule has 0 aliphatic carbocycles. The van der Waals surface area contributed by atoms with Crippen molar-refractivity contribution < 1.29 is 14.0 Å². The summed E-state index contributed by atoms with van der Waals surface area (Å²) >= 11 is 0. The number of hydrogen-bond donors (Lipinski definition) is 1. The molecular formula is C23H30N2O3. The molecule has 5 nitrogen and oxygen atoms in total. The lowest BCUT2D eigenvalue weighted by Crippen LogP contribution is -2.41. The van der Waals surface area contributed by atoms with E-state index in [9.17, 15) is 9.59 Å². The molecule has 1 unspecified atom stereocenters. The van der Waals surface area contributed by atoms with Crippen LogP contribution in [0.1, 0.15) is 60.3 Å². The van der Waals surface area contributed by atoms with E-state index >= 15 is 0 Å². The van der Waals surface area contributed by atoms with Crippen molar-refractivity contribution in [3.05, 3.63) is 59.5 Å². The number of carbonyl (C=O) groups is 2. The van der Waals surface area contributed by atoms with Crippen LogP contribution in [-0.2, 0) is 4.79 Å². The highest BCUT2D eigenvalue weighted by Crippen LogP contribution is 2.26. The number of nitrogens with one attached hydrogen (secondary N) is 1. The Morgan fingerprint density at radius 1 is 1.14 bits per heavy atom. The van der Waals surface area contributed by atoms with Crippen LogP contribution in [0.4, 0.5) is 0 Å². The maximum Gasteiger partial charge on any atom is 0.220 e. The van der Waals surface area contributed by atoms with E-state index in [0.717, 1.165) is 43.2 Å². The molecule has 1 aliphatic rings. The summed E-state index contributed by atoms with van der Waals surface area (Å²) in [6, 6.07) is 11.4. The lowest BCUT2D eigenvalue weighted by atomic mass is 9.97. The van der Waals surface area contributed by atoms with Gasteiger partial charge in [0.2, 0.25) is 5.91 Å². The van der Waals surface area contributed by atoms with E-state index in [4.69, 9.17) is 4.42 Å². The van der Waals surface area contributed by atoms with Gasteiger partial charge in [0.1, 0.15) is 5.76 Å². The van der Waals surface area contributed by atoms with E-state index in [0.29, 0.717) is 12.1 Å². The minimum atomic E-state index is -0.0936. The molecule has 1 saturated heterocycles. The minimum Gasteiger partial charge on any atom is -0.468 e. The van der Waals surface area contributed by atoms with Gasteiger partial charge >= 0.3 is 0 Å². The van der Waals surface area contributed by atoms with Gasteiger partial charge in [-0.25, -0.2) is 0 Å². The zero-order valence-corrected chi connectivity index (χ0v) is 16.8. The average Bonchev–Trinajstić information content (AvgIpc) is 3.22. The number of furan rings is 1. The highest BCUT2D eigenvalue weighted by Gasteiger charge is 2.26. The van der Waals surface area contributed by atoms with Crippen LogP contribution in [0.2, 0.25) is 0 Å². The number of Topliss-reactive ketones (excluding diaryl/α,β-unsaturated/α-hetero) is 1. The van der Waals surface area contributed by atoms with Crippen LogP contribution in [0, 0.1) is 12.8 Å². The fourth-order valence-corrected chi connectivity index (χ4v) is 3.78. The Labute approximate surface area is 167 Å². The molecule has 0 radical (unpaired) electrons. The van der Waals surface area contributed by atoms with Crippen LogP contribution >= 0.6 is 0 Å². The van der Waals surface area contributed by atoms with E-state index in [-0.39, 0.29) is 30.6 Å². The van der Waals surface area contributed by atoms with Crippen LogP contribution in [0.25, 0.3) is 0 Å². The molecule has 28 heavy (non-hydrogen) atoms. The van der Waals surface area contributed by atoms with Gasteiger partial charge in [0.05, 0.1) is 12.3 Å². The van der Waals surface area contributed by atoms with E-state index < -0.39 is 0 Å². The third-order valence-electron chi connectivity index (χ3n) is 5.65. The molecule has 0 saturated carbocycles. The van der Waals surface area contributed by atoms with Gasteiger partial charge in [-0.3, -0.25) is 14.5 Å². The van der Waals surface area contributed by atoms with Gasteiger partial charge in [-0.1, -0.05) is 31.2 Å². The van der Waals surface area contributed by atoms with Crippen molar-refractivity contribution in [1.82, 2.24) is 10.2 Å². The number of carbonyl (C=O) groups excluding carboxylic acids is 2. The summed E-state index contributed by atoms with van der Waals surface area (Å²) in [6.45, 7) is 6.72. The third kappa shape index (κ3) is 5.32. The van der Waals surface area contributed by atoms with Gasteiger partial charge in [0.25, 0.3) is 0 Å². The molecule has 1 aromatic heterocycles. The fraction of sp³-hybridized carbons (Fsp3) is 0.478. The van der Waals surface area contributed by atoms with E-state index in [1.807, 2.05) is 43.3 Å². The number of aryl methyl sites for hydroxylation is 1. The summed E-state index contributed by atoms with van der Waals surface area (Å²) < 4.78 is 5.63. The Balaban J connectivity index is 1.52. The standard InChI is InChI=1S/C23H30N2O3/c1-17-11-13-25(14-12-17)20(22-8-5-15-28-22)16-24-23(27)10-9-21(26)19-7-4-3-6-18(19)2/h3-8,15,17,20H,9-14,16H2,1-2H3,(H,24,27). The second-order valence-corrected chi connectivity index (χ2v) is 7.79. The maximum atomic E-state index is 12.4. The largest absolute Gasteiger partial charge is 0.468 e. The number of rotatable bonds is 8. The summed E-state index contributed by atoms with van der Waals surface area (Å²) in [5.41, 5.74) is 1.65. The normalized spacial score (nSPS) is 16.6. The Bertz CT molecular complexity index is 777. The molecule has 3 rings (SSSR count). The molecule has 1 N–H and O–H groups in total. The lowest BCUT2D eigenvalue weighted by molar-refractivity contribution is -0.121. The third-order valence-corrected chi connectivity index (χ3v) is 5.65. The summed E-state index contributed by atoms with van der Waals surface area (Å²) in [5.74, 6) is 1.55. The zero-order valence-electron chi connectivity index (χ0n) is 16.8. The Morgan fingerprint density at radius 3 is 2.57 bits per heavy atom. The molecular weight excluding hydrogens is 352 g/mol. The molecule has 1 atom stereocenters. The Morgan fingerprint density at radius 2 is 1.89 bits per heavy atom. The molecule has 2 heterocycles. The van der Waals surface area contributed by atoms with E-state index in [1.54, 1.807) is 6.26 Å². The topological polar surface area (TPSA) is 62.6 Å². The van der Waals surface area contributed by atoms with Gasteiger partial charge in [-0.05, 0) is 56.5 Å². The molecule has 1 amide bonds. The predicted octanol–water partition coefficient (Wildman–Crippen LogP) is 4.14. The number of nitrogens with zero attached hydrogens (tertiary/aromatic N) is 1. The first-order chi connectivity index (χ1) is 13.5. The molecule has 150 valence electrons. The SMILES string of the molecule is Cc1ccccc1C(=O)CCC(=O)NCC(c1ccco1)N1CCC(C)CC1. The number of benzene rings is 1. The van der Waals surface area contributed by atoms with Crippen molar-refractivity contribution in [1.29, 1.82) is 0 Å². The second kappa shape index (κ2) is 9.69. The van der Waals surface area contributed by atoms with Gasteiger partial charge in [0.15, 0.2) is 5.78 Å². The van der Waals surface area contributed by atoms with Crippen molar-refractivity contribution >= 4 is 11.7 Å². The highest BCUT2D eigenvalue weighted by molar-refractivity contribution is 5.99. The number of piperidine rings is 1. The Kier molecular flexibility index (Phi) is 7.04. The molecule has 5 heteroatoms. The molecule has 0 bridgehead atoms. The van der Waals surface area contributed by atoms with E-state index in [1.165, 1.54) is 0 Å². The fourth-order valence-electron chi connectivity index (χ4n) is 3.78. The van der Waals surface area contributed by atoms with Crippen LogP contribution < -0.4 is 5.32 Å². The van der Waals surface area contributed by atoms with Gasteiger partial charge in [-0.15, -0.1) is 0 Å². The summed E-state index contributed by atoms with van der Waals surface area (Å²) in [5, 5.41) is 3.01. The molecule has 1 fully saturated rings. The van der Waals surface area contributed by atoms with E-state index in [2.05, 4.69) is 17.1 Å². The van der Waals surface area contributed by atoms with Crippen molar-refractivity contribution in [2.75, 3.05) is 19.6 Å². The van der Waals surface area contributed by atoms with Gasteiger partial charge < -0.3 is 9.73 Å². The van der Waals surface area contributed by atoms with Crippen molar-refractivity contribution in [3.63, 3.8) is 0 Å². The molecule has 2 aromatic rings. The van der Waals surface area contributed by atoms with Crippen molar-refractivity contribution in [2.24, 2.45) is 5.92 Å². The first kappa shape index (κ1) is 20.3. The zero-order chi connectivity index (χ0) is 19.9. The Hall–Kier alpha value is -2.40. The second-order valence-electron chi connectivity index (χ2n) is 7.79. The summed E-state index contributed by atoms with van der Waals surface area (Å²) in [6.07, 6.45) is 4.43. The summed E-state index contributed by atoms with van der Waals surface area (Å²) in [4.78, 5) is 27.1. The van der Waals surface area contributed by atoms with Crippen LogP contribution in [-0.4, -0.2) is 36.2 Å². The highest BCUT2D eigenvalue weighted by atomic mass is 16.3. The predicted molar refractivity (Wildman–Crippen MR) is 109 cm³/mol. The minimum absolute atomic E-state index is 0.0147. The monoisotopic (exact) mass is 382 g/mol. The average molecular weight is 383 g/mol. The van der Waals surface area contributed by atoms with Crippen LogP contribution in [0.5, 0.6) is 0 Å². The lowest BCUT2D eigenvalue weighted by Gasteiger charge is -2.35. The first-order valence-corrected chi connectivity index (χ1v) is 10.2. The van der Waals surface area contributed by atoms with Gasteiger partial charge in [-0.2, -0.15) is 0 Å². The smallest absolute Gasteiger partial charge is 0.220 e. The number of ketones is 1.